The lowest BCUT2D eigenvalue weighted by molar-refractivity contribution is 0.332. The lowest BCUT2D eigenvalue weighted by Crippen LogP contribution is -2.33. The van der Waals surface area contributed by atoms with E-state index in [2.05, 4.69) is 56.0 Å². The smallest absolute Gasteiger partial charge is 0.320 e. The summed E-state index contributed by atoms with van der Waals surface area (Å²) in [4.78, 5) is 4.10. The van der Waals surface area contributed by atoms with E-state index in [-0.39, 0.29) is 16.2 Å². The quantitative estimate of drug-likeness (QED) is 0.761. The summed E-state index contributed by atoms with van der Waals surface area (Å²) in [5.41, 5.74) is 4.16. The Kier molecular flexibility index (Phi) is 2.94. The van der Waals surface area contributed by atoms with Crippen LogP contribution in [0.15, 0.2) is 22.7 Å². The van der Waals surface area contributed by atoms with Crippen molar-refractivity contribution in [1.29, 1.82) is 0 Å². The molecule has 0 spiro atoms. The number of rotatable bonds is 1. The summed E-state index contributed by atoms with van der Waals surface area (Å²) in [6.45, 7) is 9.22. The molecule has 0 amide bonds. The van der Waals surface area contributed by atoms with Crippen LogP contribution in [0, 0.1) is 0 Å². The number of fused-ring (bicyclic) bond motifs is 1. The molecule has 0 radical (unpaired) electrons. The van der Waals surface area contributed by atoms with E-state index in [1.165, 1.54) is 24.0 Å². The van der Waals surface area contributed by atoms with Crippen LogP contribution < -0.4 is 0 Å². The molecule has 0 bridgehead atoms. The van der Waals surface area contributed by atoms with Crippen LogP contribution in [0.2, 0.25) is 5.35 Å². The molecule has 3 nitrogen and oxygen atoms in total. The Labute approximate surface area is 124 Å². The van der Waals surface area contributed by atoms with Crippen LogP contribution in [0.3, 0.4) is 0 Å². The Balaban J connectivity index is 2.16. The van der Waals surface area contributed by atoms with Crippen LogP contribution in [0.1, 0.15) is 51.7 Å². The summed E-state index contributed by atoms with van der Waals surface area (Å²) in [5.74, 6) is 0.553. The molecule has 4 heteroatoms. The van der Waals surface area contributed by atoms with Crippen molar-refractivity contribution in [3.8, 4) is 11.4 Å². The third-order valence-electron chi connectivity index (χ3n) is 4.51. The highest BCUT2D eigenvalue weighted by molar-refractivity contribution is 6.27. The van der Waals surface area contributed by atoms with Gasteiger partial charge in [-0.25, -0.2) is 0 Å². The minimum absolute atomic E-state index is 0.0808. The highest BCUT2D eigenvalue weighted by Gasteiger charge is 2.37. The molecule has 0 atom stereocenters. The van der Waals surface area contributed by atoms with Crippen LogP contribution >= 0.6 is 11.6 Å². The van der Waals surface area contributed by atoms with Gasteiger partial charge in [0.05, 0.1) is 0 Å². The Bertz CT molecular complexity index is 658. The van der Waals surface area contributed by atoms with Gasteiger partial charge in [-0.15, -0.1) is 0 Å². The molecular formula is C16H19ClN2O. The number of nitrogens with zero attached hydrogens (tertiary/aromatic N) is 2. The van der Waals surface area contributed by atoms with Crippen molar-refractivity contribution in [3.63, 3.8) is 0 Å². The first-order valence-electron chi connectivity index (χ1n) is 6.94. The van der Waals surface area contributed by atoms with Crippen molar-refractivity contribution in [3.05, 3.63) is 34.7 Å². The Hall–Kier alpha value is -1.35. The fraction of sp³-hybridized carbons (Fsp3) is 0.500. The maximum absolute atomic E-state index is 5.71. The van der Waals surface area contributed by atoms with Crippen molar-refractivity contribution >= 4 is 11.6 Å². The molecule has 1 aliphatic rings. The summed E-state index contributed by atoms with van der Waals surface area (Å²) >= 11 is 5.71. The Morgan fingerprint density at radius 3 is 2.30 bits per heavy atom. The van der Waals surface area contributed by atoms with Gasteiger partial charge in [-0.2, -0.15) is 4.98 Å². The second-order valence-corrected chi connectivity index (χ2v) is 7.22. The molecule has 0 unspecified atom stereocenters. The molecule has 20 heavy (non-hydrogen) atoms. The molecular weight excluding hydrogens is 272 g/mol. The van der Waals surface area contributed by atoms with E-state index in [9.17, 15) is 0 Å². The van der Waals surface area contributed by atoms with E-state index in [0.717, 1.165) is 5.56 Å². The van der Waals surface area contributed by atoms with Gasteiger partial charge in [0.2, 0.25) is 5.82 Å². The van der Waals surface area contributed by atoms with Crippen LogP contribution in [0.4, 0.5) is 0 Å². The van der Waals surface area contributed by atoms with Gasteiger partial charge in [0.15, 0.2) is 0 Å². The number of benzene rings is 1. The third-order valence-corrected chi connectivity index (χ3v) is 4.67. The van der Waals surface area contributed by atoms with Crippen LogP contribution in [0.5, 0.6) is 0 Å². The van der Waals surface area contributed by atoms with E-state index in [0.29, 0.717) is 5.82 Å². The van der Waals surface area contributed by atoms with Crippen molar-refractivity contribution in [2.75, 3.05) is 0 Å². The molecule has 2 aromatic rings. The molecule has 1 aromatic carbocycles. The average molecular weight is 291 g/mol. The molecule has 0 N–H and O–H groups in total. The van der Waals surface area contributed by atoms with Crippen LogP contribution in [-0.4, -0.2) is 10.1 Å². The highest BCUT2D eigenvalue weighted by Crippen LogP contribution is 2.46. The molecule has 0 aliphatic heterocycles. The predicted octanol–water partition coefficient (Wildman–Crippen LogP) is 4.74. The highest BCUT2D eigenvalue weighted by atomic mass is 35.5. The second-order valence-electron chi connectivity index (χ2n) is 6.90. The number of hydrogen-bond donors (Lipinski definition) is 0. The van der Waals surface area contributed by atoms with Gasteiger partial charge < -0.3 is 4.52 Å². The molecule has 1 heterocycles. The minimum atomic E-state index is 0.0808. The molecule has 106 valence electrons. The van der Waals surface area contributed by atoms with Crippen LogP contribution in [-0.2, 0) is 10.8 Å². The first kappa shape index (κ1) is 13.6. The zero-order valence-corrected chi connectivity index (χ0v) is 13.1. The summed E-state index contributed by atoms with van der Waals surface area (Å²) < 4.78 is 4.86. The maximum atomic E-state index is 5.71. The molecule has 1 aliphatic carbocycles. The van der Waals surface area contributed by atoms with Gasteiger partial charge in [0.1, 0.15) is 0 Å². The van der Waals surface area contributed by atoms with E-state index >= 15 is 0 Å². The normalized spacial score (nSPS) is 19.6. The van der Waals surface area contributed by atoms with Crippen molar-refractivity contribution in [2.45, 2.75) is 51.4 Å². The number of halogens is 1. The van der Waals surface area contributed by atoms with Gasteiger partial charge in [0, 0.05) is 5.56 Å². The van der Waals surface area contributed by atoms with Crippen LogP contribution in [0.25, 0.3) is 11.4 Å². The zero-order chi connectivity index (χ0) is 14.5. The first-order valence-corrected chi connectivity index (χ1v) is 7.32. The van der Waals surface area contributed by atoms with Gasteiger partial charge in [-0.3, -0.25) is 0 Å². The largest absolute Gasteiger partial charge is 0.321 e. The van der Waals surface area contributed by atoms with Crippen molar-refractivity contribution < 1.29 is 4.52 Å². The molecule has 0 saturated carbocycles. The van der Waals surface area contributed by atoms with E-state index < -0.39 is 0 Å². The zero-order valence-electron chi connectivity index (χ0n) is 12.3. The van der Waals surface area contributed by atoms with Gasteiger partial charge in [-0.05, 0) is 52.5 Å². The SMILES string of the molecule is CC1(C)CCC(C)(C)c2cc(-c3noc(Cl)n3)ccc21. The second kappa shape index (κ2) is 4.32. The third kappa shape index (κ3) is 2.14. The van der Waals surface area contributed by atoms with E-state index in [1.54, 1.807) is 0 Å². The topological polar surface area (TPSA) is 38.9 Å². The standard InChI is InChI=1S/C16H19ClN2O/c1-15(2)7-8-16(3,4)12-9-10(5-6-11(12)15)13-18-14(17)20-19-13/h5-6,9H,7-8H2,1-4H3. The minimum Gasteiger partial charge on any atom is -0.321 e. The number of hydrogen-bond acceptors (Lipinski definition) is 3. The van der Waals surface area contributed by atoms with Crippen molar-refractivity contribution in [2.24, 2.45) is 0 Å². The Morgan fingerprint density at radius 1 is 1.05 bits per heavy atom. The Morgan fingerprint density at radius 2 is 1.70 bits per heavy atom. The molecule has 1 aromatic heterocycles. The summed E-state index contributed by atoms with van der Waals surface area (Å²) in [7, 11) is 0. The summed E-state index contributed by atoms with van der Waals surface area (Å²) in [6.07, 6.45) is 2.39. The molecule has 0 saturated heterocycles. The fourth-order valence-corrected chi connectivity index (χ4v) is 3.16. The van der Waals surface area contributed by atoms with Gasteiger partial charge in [-0.1, -0.05) is 45.0 Å². The predicted molar refractivity (Wildman–Crippen MR) is 80.0 cm³/mol. The first-order chi connectivity index (χ1) is 9.29. The molecule has 0 fully saturated rings. The lowest BCUT2D eigenvalue weighted by Gasteiger charge is -2.42. The average Bonchev–Trinajstić information content (AvgIpc) is 2.82. The maximum Gasteiger partial charge on any atom is 0.320 e. The van der Waals surface area contributed by atoms with Crippen molar-refractivity contribution in [1.82, 2.24) is 10.1 Å². The van der Waals surface area contributed by atoms with E-state index in [4.69, 9.17) is 16.1 Å². The summed E-state index contributed by atoms with van der Waals surface area (Å²) in [6, 6.07) is 6.45. The molecule has 3 rings (SSSR count). The summed E-state index contributed by atoms with van der Waals surface area (Å²) in [5, 5.41) is 3.98. The lowest BCUT2D eigenvalue weighted by atomic mass is 9.63. The van der Waals surface area contributed by atoms with E-state index in [1.807, 2.05) is 0 Å². The number of aromatic nitrogens is 2. The fourth-order valence-electron chi connectivity index (χ4n) is 3.05. The van der Waals surface area contributed by atoms with Gasteiger partial charge >= 0.3 is 5.35 Å². The van der Waals surface area contributed by atoms with Gasteiger partial charge in [0.25, 0.3) is 0 Å². The monoisotopic (exact) mass is 290 g/mol.